The van der Waals surface area contributed by atoms with Crippen LogP contribution in [0, 0.1) is 22.2 Å². The first kappa shape index (κ1) is 11.0. The summed E-state index contributed by atoms with van der Waals surface area (Å²) in [5.74, 6) is 0. The van der Waals surface area contributed by atoms with Crippen molar-refractivity contribution in [1.82, 2.24) is 0 Å². The lowest BCUT2D eigenvalue weighted by atomic mass is 10.0. The molecule has 1 fully saturated rings. The molecule has 2 nitrogen and oxygen atoms in total. The molecule has 0 radical (unpaired) electrons. The fourth-order valence-corrected chi connectivity index (χ4v) is 2.42. The molecule has 1 aromatic carbocycles. The minimum atomic E-state index is 0.287. The predicted octanol–water partition coefficient (Wildman–Crippen LogP) is 3.40. The lowest BCUT2D eigenvalue weighted by molar-refractivity contribution is 0.457. The van der Waals surface area contributed by atoms with Crippen molar-refractivity contribution < 1.29 is 0 Å². The second-order valence-electron chi connectivity index (χ2n) is 5.68. The summed E-state index contributed by atoms with van der Waals surface area (Å²) >= 11 is 0. The first-order valence-corrected chi connectivity index (χ1v) is 5.67. The van der Waals surface area contributed by atoms with Gasteiger partial charge >= 0.3 is 0 Å². The van der Waals surface area contributed by atoms with E-state index in [2.05, 4.69) is 39.1 Å². The maximum absolute atomic E-state index is 9.02. The lowest BCUT2D eigenvalue weighted by Crippen LogP contribution is -2.10. The zero-order chi connectivity index (χ0) is 12.0. The minimum absolute atomic E-state index is 0.287. The maximum atomic E-state index is 9.02. The molecule has 0 bridgehead atoms. The van der Waals surface area contributed by atoms with E-state index >= 15 is 0 Å². The fourth-order valence-electron chi connectivity index (χ4n) is 2.42. The molecule has 0 unspecified atom stereocenters. The first-order valence-electron chi connectivity index (χ1n) is 5.67. The number of benzene rings is 1. The van der Waals surface area contributed by atoms with Crippen LogP contribution >= 0.6 is 0 Å². The van der Waals surface area contributed by atoms with E-state index in [-0.39, 0.29) is 10.8 Å². The number of nitrogens with zero attached hydrogens (tertiary/aromatic N) is 1. The summed E-state index contributed by atoms with van der Waals surface area (Å²) in [6.07, 6.45) is 0. The second-order valence-corrected chi connectivity index (χ2v) is 5.68. The van der Waals surface area contributed by atoms with Gasteiger partial charge in [0.1, 0.15) is 6.07 Å². The van der Waals surface area contributed by atoms with Gasteiger partial charge in [0.05, 0.1) is 11.3 Å². The molecule has 1 N–H and O–H groups in total. The van der Waals surface area contributed by atoms with E-state index < -0.39 is 0 Å². The SMILES string of the molecule is CC1(C)C(Nc2ccccc2C#N)C1(C)C. The van der Waals surface area contributed by atoms with E-state index in [4.69, 9.17) is 5.26 Å². The van der Waals surface area contributed by atoms with Crippen LogP contribution in [0.4, 0.5) is 5.69 Å². The smallest absolute Gasteiger partial charge is 0.101 e. The van der Waals surface area contributed by atoms with Crippen molar-refractivity contribution in [1.29, 1.82) is 5.26 Å². The highest BCUT2D eigenvalue weighted by Crippen LogP contribution is 2.63. The third-order valence-corrected chi connectivity index (χ3v) is 4.37. The van der Waals surface area contributed by atoms with E-state index in [0.29, 0.717) is 6.04 Å². The highest BCUT2D eigenvalue weighted by molar-refractivity contribution is 5.59. The summed E-state index contributed by atoms with van der Waals surface area (Å²) in [6.45, 7) is 9.05. The van der Waals surface area contributed by atoms with Gasteiger partial charge in [-0.25, -0.2) is 0 Å². The van der Waals surface area contributed by atoms with Crippen LogP contribution in [-0.4, -0.2) is 6.04 Å². The number of anilines is 1. The molecule has 2 rings (SSSR count). The standard InChI is InChI=1S/C14H18N2/c1-13(2)12(14(13,3)4)16-11-8-6-5-7-10(11)9-15/h5-8,12,16H,1-4H3. The fraction of sp³-hybridized carbons (Fsp3) is 0.500. The second kappa shape index (κ2) is 3.25. The molecule has 0 aromatic heterocycles. The minimum Gasteiger partial charge on any atom is -0.380 e. The van der Waals surface area contributed by atoms with Gasteiger partial charge in [-0.15, -0.1) is 0 Å². The third kappa shape index (κ3) is 1.39. The normalized spacial score (nSPS) is 21.2. The maximum Gasteiger partial charge on any atom is 0.101 e. The summed E-state index contributed by atoms with van der Waals surface area (Å²) in [7, 11) is 0. The van der Waals surface area contributed by atoms with Gasteiger partial charge in [-0.1, -0.05) is 39.8 Å². The zero-order valence-corrected chi connectivity index (χ0v) is 10.3. The average molecular weight is 214 g/mol. The molecule has 16 heavy (non-hydrogen) atoms. The van der Waals surface area contributed by atoms with Crippen molar-refractivity contribution in [2.45, 2.75) is 33.7 Å². The van der Waals surface area contributed by atoms with Crippen LogP contribution in [0.1, 0.15) is 33.3 Å². The van der Waals surface area contributed by atoms with Crippen molar-refractivity contribution in [3.63, 3.8) is 0 Å². The Morgan fingerprint density at radius 2 is 1.69 bits per heavy atom. The van der Waals surface area contributed by atoms with Crippen LogP contribution in [0.15, 0.2) is 24.3 Å². The Morgan fingerprint density at radius 3 is 2.19 bits per heavy atom. The molecule has 1 aliphatic carbocycles. The zero-order valence-electron chi connectivity index (χ0n) is 10.3. The van der Waals surface area contributed by atoms with Crippen LogP contribution in [0.2, 0.25) is 0 Å². The Bertz CT molecular complexity index is 438. The van der Waals surface area contributed by atoms with Crippen LogP contribution in [0.25, 0.3) is 0 Å². The Balaban J connectivity index is 2.22. The quantitative estimate of drug-likeness (QED) is 0.819. The predicted molar refractivity (Wildman–Crippen MR) is 66.1 cm³/mol. The molecule has 1 aliphatic rings. The molecule has 1 aromatic rings. The number of nitrogens with one attached hydrogen (secondary N) is 1. The molecule has 84 valence electrons. The average Bonchev–Trinajstić information content (AvgIpc) is 2.62. The van der Waals surface area contributed by atoms with Gasteiger partial charge in [0.25, 0.3) is 0 Å². The summed E-state index contributed by atoms with van der Waals surface area (Å²) in [5, 5.41) is 12.5. The molecule has 0 atom stereocenters. The van der Waals surface area contributed by atoms with E-state index in [0.717, 1.165) is 11.3 Å². The Hall–Kier alpha value is -1.49. The highest BCUT2D eigenvalue weighted by atomic mass is 15.0. The van der Waals surface area contributed by atoms with Gasteiger partial charge in [0, 0.05) is 6.04 Å². The molecular weight excluding hydrogens is 196 g/mol. The molecule has 0 saturated heterocycles. The molecule has 0 heterocycles. The molecule has 2 heteroatoms. The summed E-state index contributed by atoms with van der Waals surface area (Å²) in [4.78, 5) is 0. The molecule has 0 spiro atoms. The largest absolute Gasteiger partial charge is 0.380 e. The Morgan fingerprint density at radius 1 is 1.12 bits per heavy atom. The number of rotatable bonds is 2. The van der Waals surface area contributed by atoms with Crippen molar-refractivity contribution >= 4 is 5.69 Å². The number of nitriles is 1. The molecular formula is C14H18N2. The molecule has 1 saturated carbocycles. The molecule has 0 aliphatic heterocycles. The highest BCUT2D eigenvalue weighted by Gasteiger charge is 2.64. The van der Waals surface area contributed by atoms with Crippen molar-refractivity contribution in [3.8, 4) is 6.07 Å². The van der Waals surface area contributed by atoms with Crippen molar-refractivity contribution in [2.24, 2.45) is 10.8 Å². The molecule has 0 amide bonds. The van der Waals surface area contributed by atoms with Gasteiger partial charge in [0.15, 0.2) is 0 Å². The van der Waals surface area contributed by atoms with E-state index in [9.17, 15) is 0 Å². The van der Waals surface area contributed by atoms with E-state index in [1.54, 1.807) is 0 Å². The van der Waals surface area contributed by atoms with E-state index in [1.807, 2.05) is 24.3 Å². The summed E-state index contributed by atoms with van der Waals surface area (Å²) in [5.41, 5.74) is 2.25. The Kier molecular flexibility index (Phi) is 2.24. The van der Waals surface area contributed by atoms with Crippen LogP contribution < -0.4 is 5.32 Å². The van der Waals surface area contributed by atoms with Gasteiger partial charge in [-0.3, -0.25) is 0 Å². The topological polar surface area (TPSA) is 35.8 Å². The monoisotopic (exact) mass is 214 g/mol. The summed E-state index contributed by atoms with van der Waals surface area (Å²) in [6, 6.07) is 10.3. The van der Waals surface area contributed by atoms with Gasteiger partial charge in [-0.05, 0) is 23.0 Å². The number of para-hydroxylation sites is 1. The van der Waals surface area contributed by atoms with Crippen molar-refractivity contribution in [2.75, 3.05) is 5.32 Å². The van der Waals surface area contributed by atoms with Crippen LogP contribution in [0.5, 0.6) is 0 Å². The number of hydrogen-bond donors (Lipinski definition) is 1. The Labute approximate surface area is 97.3 Å². The van der Waals surface area contributed by atoms with Gasteiger partial charge in [0.2, 0.25) is 0 Å². The van der Waals surface area contributed by atoms with Crippen LogP contribution in [-0.2, 0) is 0 Å². The van der Waals surface area contributed by atoms with E-state index in [1.165, 1.54) is 0 Å². The first-order chi connectivity index (χ1) is 7.41. The van der Waals surface area contributed by atoms with Gasteiger partial charge in [-0.2, -0.15) is 5.26 Å². The van der Waals surface area contributed by atoms with Crippen molar-refractivity contribution in [3.05, 3.63) is 29.8 Å². The van der Waals surface area contributed by atoms with Gasteiger partial charge < -0.3 is 5.32 Å². The summed E-state index contributed by atoms with van der Waals surface area (Å²) < 4.78 is 0. The number of hydrogen-bond acceptors (Lipinski definition) is 2. The van der Waals surface area contributed by atoms with Crippen LogP contribution in [0.3, 0.4) is 0 Å². The third-order valence-electron chi connectivity index (χ3n) is 4.37. The lowest BCUT2D eigenvalue weighted by Gasteiger charge is -2.09.